The number of amides is 3. The number of nitrogens with zero attached hydrogens (tertiary/aromatic N) is 2. The highest BCUT2D eigenvalue weighted by Gasteiger charge is 2.75. The molecule has 1 aromatic carbocycles. The average Bonchev–Trinajstić information content (AvgIpc) is 3.66. The number of aliphatic hydroxyl groups excluding tert-OH is 1. The molecule has 3 heterocycles. The molecule has 2 bridgehead atoms. The van der Waals surface area contributed by atoms with Crippen LogP contribution in [0.1, 0.15) is 71.4 Å². The molecule has 10 heteroatoms. The van der Waals surface area contributed by atoms with Gasteiger partial charge >= 0.3 is 5.97 Å². The maximum atomic E-state index is 14.5. The van der Waals surface area contributed by atoms with Crippen LogP contribution in [0.3, 0.4) is 0 Å². The summed E-state index contributed by atoms with van der Waals surface area (Å²) in [6.07, 6.45) is 4.88. The highest BCUT2D eigenvalue weighted by molar-refractivity contribution is 5.99. The van der Waals surface area contributed by atoms with Gasteiger partial charge in [-0.3, -0.25) is 19.2 Å². The summed E-state index contributed by atoms with van der Waals surface area (Å²) in [5, 5.41) is 13.6. The second kappa shape index (κ2) is 14.7. The first kappa shape index (κ1) is 34.4. The maximum Gasteiger partial charge on any atom is 0.306 e. The molecule has 246 valence electrons. The van der Waals surface area contributed by atoms with E-state index >= 15 is 0 Å². The van der Waals surface area contributed by atoms with Gasteiger partial charge in [-0.25, -0.2) is 0 Å². The van der Waals surface area contributed by atoms with Crippen molar-refractivity contribution < 1.29 is 33.8 Å². The van der Waals surface area contributed by atoms with Crippen LogP contribution in [0.15, 0.2) is 55.6 Å². The van der Waals surface area contributed by atoms with Crippen LogP contribution >= 0.6 is 0 Å². The fourth-order valence-corrected chi connectivity index (χ4v) is 7.38. The van der Waals surface area contributed by atoms with Crippen LogP contribution in [0.4, 0.5) is 0 Å². The number of fused-ring (bicyclic) bond motifs is 1. The summed E-state index contributed by atoms with van der Waals surface area (Å²) in [5.41, 5.74) is -0.443. The predicted molar refractivity (Wildman–Crippen MR) is 170 cm³/mol. The summed E-state index contributed by atoms with van der Waals surface area (Å²) in [5.74, 6) is -2.99. The van der Waals surface area contributed by atoms with Gasteiger partial charge in [0.2, 0.25) is 17.7 Å². The molecular weight excluding hydrogens is 574 g/mol. The van der Waals surface area contributed by atoms with E-state index in [4.69, 9.17) is 9.47 Å². The van der Waals surface area contributed by atoms with Crippen molar-refractivity contribution in [2.24, 2.45) is 17.8 Å². The van der Waals surface area contributed by atoms with Crippen molar-refractivity contribution in [2.45, 2.75) is 95.7 Å². The lowest BCUT2D eigenvalue weighted by Gasteiger charge is -2.40. The van der Waals surface area contributed by atoms with Crippen molar-refractivity contribution in [3.63, 3.8) is 0 Å². The Morgan fingerprint density at radius 2 is 1.89 bits per heavy atom. The Morgan fingerprint density at radius 1 is 1.18 bits per heavy atom. The van der Waals surface area contributed by atoms with Crippen LogP contribution in [0, 0.1) is 17.8 Å². The Bertz CT molecular complexity index is 1250. The van der Waals surface area contributed by atoms with Gasteiger partial charge in [0.25, 0.3) is 0 Å². The molecule has 3 amide bonds. The fourth-order valence-electron chi connectivity index (χ4n) is 7.38. The number of esters is 1. The second-order valence-corrected chi connectivity index (χ2v) is 13.1. The van der Waals surface area contributed by atoms with E-state index in [1.807, 2.05) is 58.0 Å². The third kappa shape index (κ3) is 6.87. The first-order chi connectivity index (χ1) is 21.5. The largest absolute Gasteiger partial charge is 0.463 e. The summed E-state index contributed by atoms with van der Waals surface area (Å²) >= 11 is 0. The smallest absolute Gasteiger partial charge is 0.306 e. The number of hydrogen-bond acceptors (Lipinski definition) is 7. The number of benzene rings is 1. The molecule has 4 rings (SSSR count). The van der Waals surface area contributed by atoms with Crippen molar-refractivity contribution >= 4 is 23.7 Å². The van der Waals surface area contributed by atoms with Gasteiger partial charge in [0.15, 0.2) is 0 Å². The molecule has 2 N–H and O–H groups in total. The van der Waals surface area contributed by atoms with Crippen LogP contribution < -0.4 is 5.32 Å². The first-order valence-corrected chi connectivity index (χ1v) is 16.1. The molecule has 0 saturated carbocycles. The third-order valence-corrected chi connectivity index (χ3v) is 9.34. The minimum absolute atomic E-state index is 0.0765. The standard InChI is InChI=1S/C35H49N3O7/c1-7-9-15-28(40)44-21-26(24-13-11-10-12-14-24)36-32(41)29-27-16-17-35(45-27)30(29)33(42)38(25(20-39)19-22(3)4)31(35)34(43)37(18-8-2)23(5)6/h7-8,10-14,22-23,25-27,29-31,39H,1-2,9,15-21H2,3-6H3,(H,36,41)/t25-,26+,27-,29+,30+,31-,35+/m1/s1. The highest BCUT2D eigenvalue weighted by atomic mass is 16.5. The highest BCUT2D eigenvalue weighted by Crippen LogP contribution is 2.59. The lowest BCUT2D eigenvalue weighted by atomic mass is 9.70. The van der Waals surface area contributed by atoms with Crippen LogP contribution in [0.25, 0.3) is 0 Å². The number of allylic oxidation sites excluding steroid dienone is 1. The summed E-state index contributed by atoms with van der Waals surface area (Å²) in [4.78, 5) is 58.6. The Morgan fingerprint density at radius 3 is 2.49 bits per heavy atom. The van der Waals surface area contributed by atoms with E-state index in [1.165, 1.54) is 4.90 Å². The normalized spacial score (nSPS) is 26.5. The maximum absolute atomic E-state index is 14.5. The molecule has 45 heavy (non-hydrogen) atoms. The van der Waals surface area contributed by atoms with Crippen LogP contribution in [0.5, 0.6) is 0 Å². The summed E-state index contributed by atoms with van der Waals surface area (Å²) in [7, 11) is 0. The van der Waals surface area contributed by atoms with E-state index in [0.717, 1.165) is 5.56 Å². The molecule has 0 aliphatic carbocycles. The van der Waals surface area contributed by atoms with Crippen molar-refractivity contribution in [1.29, 1.82) is 0 Å². The van der Waals surface area contributed by atoms with Gasteiger partial charge in [0.1, 0.15) is 18.2 Å². The van der Waals surface area contributed by atoms with Gasteiger partial charge in [-0.1, -0.05) is 56.3 Å². The van der Waals surface area contributed by atoms with Crippen molar-refractivity contribution in [2.75, 3.05) is 19.8 Å². The molecule has 1 spiro atoms. The zero-order chi connectivity index (χ0) is 32.9. The minimum atomic E-state index is -1.20. The number of hydrogen-bond donors (Lipinski definition) is 2. The lowest BCUT2D eigenvalue weighted by molar-refractivity contribution is -0.152. The quantitative estimate of drug-likeness (QED) is 0.213. The summed E-state index contributed by atoms with van der Waals surface area (Å²) in [6.45, 7) is 15.2. The number of aliphatic hydroxyl groups is 1. The molecule has 0 radical (unpaired) electrons. The number of nitrogens with one attached hydrogen (secondary N) is 1. The number of carbonyl (C=O) groups excluding carboxylic acids is 4. The number of ether oxygens (including phenoxy) is 2. The molecule has 7 atom stereocenters. The monoisotopic (exact) mass is 623 g/mol. The number of likely N-dealkylation sites (tertiary alicyclic amines) is 1. The van der Waals surface area contributed by atoms with E-state index in [-0.39, 0.29) is 49.3 Å². The lowest BCUT2D eigenvalue weighted by Crippen LogP contribution is -2.60. The van der Waals surface area contributed by atoms with Crippen LogP contribution in [-0.2, 0) is 28.7 Å². The van der Waals surface area contributed by atoms with Gasteiger partial charge in [0, 0.05) is 19.0 Å². The third-order valence-electron chi connectivity index (χ3n) is 9.34. The Balaban J connectivity index is 1.68. The molecule has 1 aromatic rings. The summed E-state index contributed by atoms with van der Waals surface area (Å²) in [6, 6.07) is 6.82. The van der Waals surface area contributed by atoms with E-state index in [1.54, 1.807) is 17.1 Å². The molecule has 3 saturated heterocycles. The SMILES string of the molecule is C=CCCC(=O)OC[C@H](NC(=O)[C@@H]1[C@H]2C(=O)N([C@@H](CO)CC(C)C)[C@H](C(=O)N(CC=C)C(C)C)[C@]23CC[C@H]1O3)c1ccccc1. The van der Waals surface area contributed by atoms with Crippen LogP contribution in [-0.4, -0.2) is 88.2 Å². The van der Waals surface area contributed by atoms with E-state index in [9.17, 15) is 24.3 Å². The van der Waals surface area contributed by atoms with E-state index in [2.05, 4.69) is 18.5 Å². The van der Waals surface area contributed by atoms with Crippen molar-refractivity contribution in [3.8, 4) is 0 Å². The first-order valence-electron chi connectivity index (χ1n) is 16.1. The molecule has 10 nitrogen and oxygen atoms in total. The van der Waals surface area contributed by atoms with E-state index in [0.29, 0.717) is 32.2 Å². The zero-order valence-electron chi connectivity index (χ0n) is 27.0. The van der Waals surface area contributed by atoms with Gasteiger partial charge in [0.05, 0.1) is 36.6 Å². The number of rotatable bonds is 16. The van der Waals surface area contributed by atoms with Gasteiger partial charge < -0.3 is 29.7 Å². The molecule has 0 aromatic heterocycles. The number of carbonyl (C=O) groups is 4. The van der Waals surface area contributed by atoms with Gasteiger partial charge in [-0.05, 0) is 51.0 Å². The zero-order valence-corrected chi connectivity index (χ0v) is 27.0. The Labute approximate surface area is 266 Å². The Hall–Kier alpha value is -3.50. The minimum Gasteiger partial charge on any atom is -0.463 e. The van der Waals surface area contributed by atoms with Crippen molar-refractivity contribution in [3.05, 3.63) is 61.2 Å². The van der Waals surface area contributed by atoms with Crippen molar-refractivity contribution in [1.82, 2.24) is 15.1 Å². The molecular formula is C35H49N3O7. The predicted octanol–water partition coefficient (Wildman–Crippen LogP) is 3.56. The molecule has 0 unspecified atom stereocenters. The molecule has 3 fully saturated rings. The summed E-state index contributed by atoms with van der Waals surface area (Å²) < 4.78 is 12.1. The molecule has 3 aliphatic heterocycles. The average molecular weight is 624 g/mol. The van der Waals surface area contributed by atoms with Crippen LogP contribution in [0.2, 0.25) is 0 Å². The second-order valence-electron chi connectivity index (χ2n) is 13.1. The fraction of sp³-hybridized carbons (Fsp3) is 0.600. The van der Waals surface area contributed by atoms with E-state index < -0.39 is 47.6 Å². The Kier molecular flexibility index (Phi) is 11.3. The van der Waals surface area contributed by atoms with Gasteiger partial charge in [-0.2, -0.15) is 0 Å². The van der Waals surface area contributed by atoms with Gasteiger partial charge in [-0.15, -0.1) is 13.2 Å². The molecule has 3 aliphatic rings. The topological polar surface area (TPSA) is 125 Å².